The fourth-order valence-electron chi connectivity index (χ4n) is 2.63. The lowest BCUT2D eigenvalue weighted by Crippen LogP contribution is -2.54. The molecule has 1 aliphatic heterocycles. The van der Waals surface area contributed by atoms with Gasteiger partial charge in [-0.15, -0.1) is 12.4 Å². The molecule has 0 atom stereocenters. The molecule has 0 aliphatic carbocycles. The summed E-state index contributed by atoms with van der Waals surface area (Å²) in [6.45, 7) is 1.44. The number of carbonyl (C=O) groups is 1. The largest absolute Gasteiger partial charge is 0.489 e. The van der Waals surface area contributed by atoms with Gasteiger partial charge in [-0.25, -0.2) is 0 Å². The highest BCUT2D eigenvalue weighted by molar-refractivity contribution is 6.30. The van der Waals surface area contributed by atoms with Gasteiger partial charge in [-0.2, -0.15) is 0 Å². The molecule has 0 bridgehead atoms. The predicted octanol–water partition coefficient (Wildman–Crippen LogP) is 3.79. The summed E-state index contributed by atoms with van der Waals surface area (Å²) in [5, 5.41) is 3.57. The Bertz CT molecular complexity index is 732. The van der Waals surface area contributed by atoms with Crippen molar-refractivity contribution in [3.05, 3.63) is 59.1 Å². The fourth-order valence-corrected chi connectivity index (χ4v) is 2.76. The highest BCUT2D eigenvalue weighted by Crippen LogP contribution is 2.23. The van der Waals surface area contributed by atoms with E-state index in [4.69, 9.17) is 26.8 Å². The molecule has 0 saturated carbocycles. The second kappa shape index (κ2) is 9.24. The molecular weight excluding hydrogens is 375 g/mol. The van der Waals surface area contributed by atoms with Crippen molar-refractivity contribution in [2.75, 3.05) is 18.5 Å². The van der Waals surface area contributed by atoms with Gasteiger partial charge in [0.15, 0.2) is 0 Å². The van der Waals surface area contributed by atoms with Crippen LogP contribution < -0.4 is 15.8 Å². The number of benzene rings is 2. The Morgan fingerprint density at radius 2 is 1.88 bits per heavy atom. The summed E-state index contributed by atoms with van der Waals surface area (Å²) >= 11 is 5.87. The molecule has 5 nitrogen and oxygen atoms in total. The minimum Gasteiger partial charge on any atom is -0.489 e. The molecule has 0 radical (unpaired) electrons. The third kappa shape index (κ3) is 5.35. The zero-order valence-corrected chi connectivity index (χ0v) is 15.8. The Hall–Kier alpha value is -1.79. The van der Waals surface area contributed by atoms with Crippen molar-refractivity contribution in [1.82, 2.24) is 0 Å². The van der Waals surface area contributed by atoms with Gasteiger partial charge in [-0.1, -0.05) is 29.8 Å². The van der Waals surface area contributed by atoms with Crippen molar-refractivity contribution in [3.63, 3.8) is 0 Å². The van der Waals surface area contributed by atoms with Gasteiger partial charge < -0.3 is 20.5 Å². The maximum Gasteiger partial charge on any atom is 0.244 e. The number of amides is 1. The standard InChI is InChI=1S/C19H21ClN2O3.ClH/c20-15-6-4-14(5-7-15)13-25-17-3-1-2-16(12-17)22-18(23)19(21)8-10-24-11-9-19;/h1-7,12H,8-11,13,21H2,(H,22,23);1H. The summed E-state index contributed by atoms with van der Waals surface area (Å²) < 4.78 is 11.1. The van der Waals surface area contributed by atoms with E-state index in [2.05, 4.69) is 5.32 Å². The van der Waals surface area contributed by atoms with Crippen LogP contribution >= 0.6 is 24.0 Å². The lowest BCUT2D eigenvalue weighted by molar-refractivity contribution is -0.124. The molecule has 140 valence electrons. The van der Waals surface area contributed by atoms with E-state index in [9.17, 15) is 4.79 Å². The van der Waals surface area contributed by atoms with E-state index in [1.165, 1.54) is 0 Å². The van der Waals surface area contributed by atoms with Gasteiger partial charge in [-0.3, -0.25) is 4.79 Å². The first-order valence-electron chi connectivity index (χ1n) is 8.21. The van der Waals surface area contributed by atoms with Crippen LogP contribution in [-0.2, 0) is 16.1 Å². The van der Waals surface area contributed by atoms with Crippen LogP contribution in [-0.4, -0.2) is 24.7 Å². The van der Waals surface area contributed by atoms with Crippen molar-refractivity contribution in [1.29, 1.82) is 0 Å². The average molecular weight is 397 g/mol. The Kier molecular flexibility index (Phi) is 7.29. The number of anilines is 1. The van der Waals surface area contributed by atoms with Crippen molar-refractivity contribution in [3.8, 4) is 5.75 Å². The van der Waals surface area contributed by atoms with E-state index >= 15 is 0 Å². The lowest BCUT2D eigenvalue weighted by Gasteiger charge is -2.31. The molecule has 0 unspecified atom stereocenters. The topological polar surface area (TPSA) is 73.6 Å². The minimum absolute atomic E-state index is 0. The summed E-state index contributed by atoms with van der Waals surface area (Å²) in [7, 11) is 0. The number of halogens is 2. The number of carbonyl (C=O) groups excluding carboxylic acids is 1. The highest BCUT2D eigenvalue weighted by Gasteiger charge is 2.35. The van der Waals surface area contributed by atoms with Gasteiger partial charge in [-0.05, 0) is 42.7 Å². The van der Waals surface area contributed by atoms with Crippen LogP contribution in [0.25, 0.3) is 0 Å². The van der Waals surface area contributed by atoms with E-state index in [1.807, 2.05) is 42.5 Å². The first kappa shape index (κ1) is 20.5. The molecule has 3 rings (SSSR count). The summed E-state index contributed by atoms with van der Waals surface area (Å²) in [4.78, 5) is 12.5. The zero-order valence-electron chi connectivity index (χ0n) is 14.2. The zero-order chi connectivity index (χ0) is 17.7. The van der Waals surface area contributed by atoms with Crippen molar-refractivity contribution in [2.24, 2.45) is 5.73 Å². The maximum absolute atomic E-state index is 12.5. The molecule has 0 spiro atoms. The van der Waals surface area contributed by atoms with Crippen LogP contribution in [0.4, 0.5) is 5.69 Å². The van der Waals surface area contributed by atoms with Gasteiger partial charge >= 0.3 is 0 Å². The quantitative estimate of drug-likeness (QED) is 0.805. The molecule has 26 heavy (non-hydrogen) atoms. The first-order valence-corrected chi connectivity index (χ1v) is 8.58. The van der Waals surface area contributed by atoms with Crippen LogP contribution in [0.3, 0.4) is 0 Å². The van der Waals surface area contributed by atoms with Crippen LogP contribution in [0.5, 0.6) is 5.75 Å². The Morgan fingerprint density at radius 3 is 2.58 bits per heavy atom. The highest BCUT2D eigenvalue weighted by atomic mass is 35.5. The summed E-state index contributed by atoms with van der Waals surface area (Å²) in [6, 6.07) is 14.8. The van der Waals surface area contributed by atoms with E-state index in [-0.39, 0.29) is 18.3 Å². The number of hydrogen-bond acceptors (Lipinski definition) is 4. The van der Waals surface area contributed by atoms with Crippen LogP contribution in [0.2, 0.25) is 5.02 Å². The molecule has 1 saturated heterocycles. The van der Waals surface area contributed by atoms with E-state index in [0.29, 0.717) is 49.1 Å². The van der Waals surface area contributed by atoms with Crippen molar-refractivity contribution >= 4 is 35.6 Å². The van der Waals surface area contributed by atoms with Crippen LogP contribution in [0.15, 0.2) is 48.5 Å². The second-order valence-electron chi connectivity index (χ2n) is 6.17. The molecular formula is C19H22Cl2N2O3. The molecule has 7 heteroatoms. The number of nitrogens with two attached hydrogens (primary N) is 1. The number of nitrogens with one attached hydrogen (secondary N) is 1. The monoisotopic (exact) mass is 396 g/mol. The van der Waals surface area contributed by atoms with E-state index in [1.54, 1.807) is 6.07 Å². The average Bonchev–Trinajstić information content (AvgIpc) is 2.62. The predicted molar refractivity (Wildman–Crippen MR) is 105 cm³/mol. The van der Waals surface area contributed by atoms with Gasteiger partial charge in [0, 0.05) is 30.0 Å². The first-order chi connectivity index (χ1) is 12.0. The Labute approximate surface area is 164 Å². The SMILES string of the molecule is Cl.NC1(C(=O)Nc2cccc(OCc3ccc(Cl)cc3)c2)CCOCC1. The Balaban J connectivity index is 0.00000243. The van der Waals surface area contributed by atoms with E-state index in [0.717, 1.165) is 5.56 Å². The lowest BCUT2D eigenvalue weighted by atomic mass is 9.90. The molecule has 2 aromatic carbocycles. The van der Waals surface area contributed by atoms with Crippen molar-refractivity contribution < 1.29 is 14.3 Å². The van der Waals surface area contributed by atoms with Gasteiger partial charge in [0.1, 0.15) is 17.9 Å². The van der Waals surface area contributed by atoms with E-state index < -0.39 is 5.54 Å². The summed E-state index contributed by atoms with van der Waals surface area (Å²) in [6.07, 6.45) is 1.04. The number of rotatable bonds is 5. The number of hydrogen-bond donors (Lipinski definition) is 2. The molecule has 2 aromatic rings. The number of ether oxygens (including phenoxy) is 2. The molecule has 1 heterocycles. The van der Waals surface area contributed by atoms with Crippen LogP contribution in [0.1, 0.15) is 18.4 Å². The van der Waals surface area contributed by atoms with Gasteiger partial charge in [0.05, 0.1) is 0 Å². The van der Waals surface area contributed by atoms with Crippen molar-refractivity contribution in [2.45, 2.75) is 25.0 Å². The molecule has 1 amide bonds. The Morgan fingerprint density at radius 1 is 1.19 bits per heavy atom. The minimum atomic E-state index is -0.877. The van der Waals surface area contributed by atoms with Gasteiger partial charge in [0.2, 0.25) is 5.91 Å². The second-order valence-corrected chi connectivity index (χ2v) is 6.60. The summed E-state index contributed by atoms with van der Waals surface area (Å²) in [5.74, 6) is 0.483. The smallest absolute Gasteiger partial charge is 0.244 e. The molecule has 0 aromatic heterocycles. The molecule has 3 N–H and O–H groups in total. The fraction of sp³-hybridized carbons (Fsp3) is 0.316. The maximum atomic E-state index is 12.5. The molecule has 1 fully saturated rings. The van der Waals surface area contributed by atoms with Crippen LogP contribution in [0, 0.1) is 0 Å². The third-order valence-corrected chi connectivity index (χ3v) is 4.50. The normalized spacial score (nSPS) is 15.6. The van der Waals surface area contributed by atoms with Gasteiger partial charge in [0.25, 0.3) is 0 Å². The third-order valence-electron chi connectivity index (χ3n) is 4.25. The summed E-state index contributed by atoms with van der Waals surface area (Å²) in [5.41, 5.74) is 7.00. The molecule has 1 aliphatic rings.